The number of esters is 4. The SMILES string of the molecule is C=C(C)C(=O)OCCOC(=O)c1ccc(-c2ccc(OC(=O)C(=C)C)c(SC)c2)cc1OCCOC(=O)C(=C)C. The highest BCUT2D eigenvalue weighted by Crippen LogP contribution is 2.35. The summed E-state index contributed by atoms with van der Waals surface area (Å²) in [4.78, 5) is 48.7. The van der Waals surface area contributed by atoms with E-state index in [1.54, 1.807) is 37.3 Å². The lowest BCUT2D eigenvalue weighted by Gasteiger charge is -2.15. The first-order chi connectivity index (χ1) is 18.9. The van der Waals surface area contributed by atoms with Gasteiger partial charge in [0.05, 0.1) is 4.90 Å². The van der Waals surface area contributed by atoms with Crippen LogP contribution in [0.1, 0.15) is 31.1 Å². The molecule has 2 aromatic carbocycles. The van der Waals surface area contributed by atoms with Gasteiger partial charge in [-0.1, -0.05) is 31.9 Å². The summed E-state index contributed by atoms with van der Waals surface area (Å²) in [6.07, 6.45) is 1.85. The van der Waals surface area contributed by atoms with Gasteiger partial charge in [0.15, 0.2) is 0 Å². The van der Waals surface area contributed by atoms with E-state index >= 15 is 0 Å². The number of ether oxygens (including phenoxy) is 5. The van der Waals surface area contributed by atoms with E-state index in [9.17, 15) is 19.2 Å². The van der Waals surface area contributed by atoms with Gasteiger partial charge < -0.3 is 23.7 Å². The largest absolute Gasteiger partial charge is 0.489 e. The maximum atomic E-state index is 12.8. The Balaban J connectivity index is 2.28. The molecule has 2 aromatic rings. The third kappa shape index (κ3) is 9.46. The Labute approximate surface area is 237 Å². The highest BCUT2D eigenvalue weighted by molar-refractivity contribution is 7.98. The fourth-order valence-electron chi connectivity index (χ4n) is 2.99. The van der Waals surface area contributed by atoms with Crippen LogP contribution in [0.15, 0.2) is 77.7 Å². The molecule has 10 heteroatoms. The first-order valence-electron chi connectivity index (χ1n) is 12.1. The topological polar surface area (TPSA) is 114 Å². The number of hydrogen-bond acceptors (Lipinski definition) is 10. The average molecular weight is 569 g/mol. The molecular weight excluding hydrogens is 536 g/mol. The monoisotopic (exact) mass is 568 g/mol. The molecule has 0 aliphatic carbocycles. The van der Waals surface area contributed by atoms with Gasteiger partial charge in [-0.15, -0.1) is 11.8 Å². The van der Waals surface area contributed by atoms with E-state index in [1.807, 2.05) is 12.3 Å². The van der Waals surface area contributed by atoms with Crippen LogP contribution in [0, 0.1) is 0 Å². The normalized spacial score (nSPS) is 10.2. The third-order valence-corrected chi connectivity index (χ3v) is 5.83. The zero-order valence-corrected chi connectivity index (χ0v) is 23.8. The molecule has 2 rings (SSSR count). The summed E-state index contributed by atoms with van der Waals surface area (Å²) in [6.45, 7) is 14.8. The Morgan fingerprint density at radius 3 is 1.77 bits per heavy atom. The quantitative estimate of drug-likeness (QED) is 0.0740. The van der Waals surface area contributed by atoms with Crippen molar-refractivity contribution in [2.24, 2.45) is 0 Å². The minimum Gasteiger partial charge on any atom is -0.489 e. The Morgan fingerprint density at radius 1 is 0.675 bits per heavy atom. The van der Waals surface area contributed by atoms with E-state index in [0.717, 1.165) is 5.56 Å². The Bertz CT molecular complexity index is 1330. The van der Waals surface area contributed by atoms with E-state index in [2.05, 4.69) is 19.7 Å². The van der Waals surface area contributed by atoms with Crippen molar-refractivity contribution in [3.63, 3.8) is 0 Å². The van der Waals surface area contributed by atoms with Gasteiger partial charge in [-0.05, 0) is 62.4 Å². The van der Waals surface area contributed by atoms with Gasteiger partial charge in [-0.25, -0.2) is 19.2 Å². The molecule has 0 amide bonds. The van der Waals surface area contributed by atoms with Crippen molar-refractivity contribution in [1.82, 2.24) is 0 Å². The number of carbonyl (C=O) groups excluding carboxylic acids is 4. The molecule has 0 bridgehead atoms. The lowest BCUT2D eigenvalue weighted by Crippen LogP contribution is -2.16. The van der Waals surface area contributed by atoms with Gasteiger partial charge in [0.2, 0.25) is 0 Å². The summed E-state index contributed by atoms with van der Waals surface area (Å²) in [6, 6.07) is 10.2. The highest BCUT2D eigenvalue weighted by Gasteiger charge is 2.18. The second-order valence-electron chi connectivity index (χ2n) is 8.56. The molecule has 0 heterocycles. The van der Waals surface area contributed by atoms with Gasteiger partial charge in [-0.2, -0.15) is 0 Å². The van der Waals surface area contributed by atoms with Crippen LogP contribution in [0.3, 0.4) is 0 Å². The maximum Gasteiger partial charge on any atom is 0.342 e. The number of benzene rings is 2. The summed E-state index contributed by atoms with van der Waals surface area (Å²) in [7, 11) is 0. The predicted molar refractivity (Wildman–Crippen MR) is 151 cm³/mol. The highest BCUT2D eigenvalue weighted by atomic mass is 32.2. The fourth-order valence-corrected chi connectivity index (χ4v) is 3.54. The molecule has 0 aliphatic rings. The van der Waals surface area contributed by atoms with Crippen LogP contribution in [-0.2, 0) is 28.6 Å². The number of hydrogen-bond donors (Lipinski definition) is 0. The zero-order chi connectivity index (χ0) is 29.8. The summed E-state index contributed by atoms with van der Waals surface area (Å²) in [5.41, 5.74) is 2.36. The van der Waals surface area contributed by atoms with Crippen molar-refractivity contribution >= 4 is 35.6 Å². The Hall–Kier alpha value is -4.31. The van der Waals surface area contributed by atoms with Crippen molar-refractivity contribution in [3.8, 4) is 22.6 Å². The van der Waals surface area contributed by atoms with Crippen molar-refractivity contribution in [2.75, 3.05) is 32.7 Å². The molecule has 0 N–H and O–H groups in total. The van der Waals surface area contributed by atoms with Crippen LogP contribution >= 0.6 is 11.8 Å². The first-order valence-corrected chi connectivity index (χ1v) is 13.3. The second-order valence-corrected chi connectivity index (χ2v) is 9.41. The minimum absolute atomic E-state index is 0.0369. The summed E-state index contributed by atoms with van der Waals surface area (Å²) < 4.78 is 26.5. The van der Waals surface area contributed by atoms with Crippen molar-refractivity contribution in [3.05, 3.63) is 78.4 Å². The molecule has 0 atom stereocenters. The Kier molecular flexibility index (Phi) is 12.2. The molecular formula is C30H32O9S. The summed E-state index contributed by atoms with van der Waals surface area (Å²) >= 11 is 1.40. The first kappa shape index (κ1) is 31.9. The van der Waals surface area contributed by atoms with E-state index in [1.165, 1.54) is 25.6 Å². The molecule has 0 spiro atoms. The summed E-state index contributed by atoms with van der Waals surface area (Å²) in [5.74, 6) is -1.77. The van der Waals surface area contributed by atoms with E-state index in [4.69, 9.17) is 23.7 Å². The van der Waals surface area contributed by atoms with Gasteiger partial charge in [0.1, 0.15) is 43.5 Å². The van der Waals surface area contributed by atoms with Gasteiger partial charge in [0, 0.05) is 16.7 Å². The molecule has 0 unspecified atom stereocenters. The summed E-state index contributed by atoms with van der Waals surface area (Å²) in [5, 5.41) is 0. The average Bonchev–Trinajstić information content (AvgIpc) is 2.92. The standard InChI is InChI=1S/C30H32O9S/c1-18(2)27(31)36-13-12-35-25-16-21(8-10-23(25)30(34)38-15-14-37-28(32)19(3)4)22-9-11-24(26(17-22)40-7)39-29(33)20(5)6/h8-11,16-17H,1,3,5,12-15H2,2,4,6-7H3. The van der Waals surface area contributed by atoms with Crippen molar-refractivity contribution in [2.45, 2.75) is 25.7 Å². The molecule has 40 heavy (non-hydrogen) atoms. The van der Waals surface area contributed by atoms with E-state index in [-0.39, 0.29) is 54.5 Å². The smallest absolute Gasteiger partial charge is 0.342 e. The number of thioether (sulfide) groups is 1. The van der Waals surface area contributed by atoms with Gasteiger partial charge >= 0.3 is 23.9 Å². The lowest BCUT2D eigenvalue weighted by atomic mass is 10.0. The molecule has 0 saturated heterocycles. The number of rotatable bonds is 14. The molecule has 0 aliphatic heterocycles. The van der Waals surface area contributed by atoms with E-state index < -0.39 is 23.9 Å². The zero-order valence-electron chi connectivity index (χ0n) is 23.0. The van der Waals surface area contributed by atoms with Gasteiger partial charge in [-0.3, -0.25) is 0 Å². The Morgan fingerprint density at radius 2 is 1.20 bits per heavy atom. The number of carbonyl (C=O) groups is 4. The minimum atomic E-state index is -0.696. The second kappa shape index (κ2) is 15.3. The van der Waals surface area contributed by atoms with E-state index in [0.29, 0.717) is 16.2 Å². The van der Waals surface area contributed by atoms with Crippen molar-refractivity contribution in [1.29, 1.82) is 0 Å². The van der Waals surface area contributed by atoms with Crippen molar-refractivity contribution < 1.29 is 42.9 Å². The fraction of sp³-hybridized carbons (Fsp3) is 0.267. The van der Waals surface area contributed by atoms with Crippen LogP contribution < -0.4 is 9.47 Å². The van der Waals surface area contributed by atoms with Crippen LogP contribution in [0.25, 0.3) is 11.1 Å². The van der Waals surface area contributed by atoms with Gasteiger partial charge in [0.25, 0.3) is 0 Å². The maximum absolute atomic E-state index is 12.8. The predicted octanol–water partition coefficient (Wildman–Crippen LogP) is 5.33. The molecule has 0 fully saturated rings. The molecule has 0 aromatic heterocycles. The molecule has 9 nitrogen and oxygen atoms in total. The van der Waals surface area contributed by atoms with Crippen LogP contribution in [0.2, 0.25) is 0 Å². The molecule has 0 saturated carbocycles. The third-order valence-electron chi connectivity index (χ3n) is 5.07. The van der Waals surface area contributed by atoms with Crippen LogP contribution in [0.4, 0.5) is 0 Å². The van der Waals surface area contributed by atoms with Crippen LogP contribution in [0.5, 0.6) is 11.5 Å². The molecule has 0 radical (unpaired) electrons. The lowest BCUT2D eigenvalue weighted by molar-refractivity contribution is -0.140. The van der Waals surface area contributed by atoms with Crippen LogP contribution in [-0.4, -0.2) is 56.6 Å². The molecule has 212 valence electrons.